The molecule has 2 N–H and O–H groups in total. The highest BCUT2D eigenvalue weighted by atomic mass is 16.4. The number of hydrogen-bond acceptors (Lipinski definition) is 5. The average Bonchev–Trinajstić information content (AvgIpc) is 2.92. The Balaban J connectivity index is 1.75. The Labute approximate surface area is 89.6 Å². The first-order valence-corrected chi connectivity index (χ1v) is 5.53. The quantitative estimate of drug-likeness (QED) is 0.743. The van der Waals surface area contributed by atoms with E-state index in [1.807, 2.05) is 0 Å². The zero-order valence-electron chi connectivity index (χ0n) is 9.29. The fraction of sp³-hybridized carbons (Fsp3) is 0.800. The number of anilines is 1. The first kappa shape index (κ1) is 10.4. The molecular weight excluding hydrogens is 192 g/mol. The van der Waals surface area contributed by atoms with Crippen molar-refractivity contribution in [2.75, 3.05) is 11.9 Å². The van der Waals surface area contributed by atoms with Crippen LogP contribution in [-0.4, -0.2) is 22.8 Å². The lowest BCUT2D eigenvalue weighted by Crippen LogP contribution is -2.15. The average molecular weight is 210 g/mol. The van der Waals surface area contributed by atoms with E-state index < -0.39 is 0 Å². The highest BCUT2D eigenvalue weighted by molar-refractivity contribution is 5.16. The second-order valence-corrected chi connectivity index (χ2v) is 4.43. The van der Waals surface area contributed by atoms with Crippen LogP contribution in [0.25, 0.3) is 0 Å². The lowest BCUT2D eigenvalue weighted by molar-refractivity contribution is 0.473. The highest BCUT2D eigenvalue weighted by Crippen LogP contribution is 2.19. The second-order valence-electron chi connectivity index (χ2n) is 4.43. The van der Waals surface area contributed by atoms with Crippen molar-refractivity contribution in [2.24, 2.45) is 5.92 Å². The smallest absolute Gasteiger partial charge is 0.315 e. The third-order valence-corrected chi connectivity index (χ3v) is 2.25. The van der Waals surface area contributed by atoms with Crippen LogP contribution in [-0.2, 0) is 6.54 Å². The fourth-order valence-corrected chi connectivity index (χ4v) is 1.21. The van der Waals surface area contributed by atoms with Crippen molar-refractivity contribution in [3.8, 4) is 0 Å². The van der Waals surface area contributed by atoms with Crippen LogP contribution in [0.3, 0.4) is 0 Å². The van der Waals surface area contributed by atoms with Gasteiger partial charge in [0.1, 0.15) is 0 Å². The molecule has 1 saturated carbocycles. The molecule has 1 aromatic heterocycles. The Morgan fingerprint density at radius 2 is 2.20 bits per heavy atom. The summed E-state index contributed by atoms with van der Waals surface area (Å²) in [5.41, 5.74) is 0. The molecule has 0 radical (unpaired) electrons. The summed E-state index contributed by atoms with van der Waals surface area (Å²) in [6, 6.07) is 1.19. The molecule has 5 nitrogen and oxygen atoms in total. The van der Waals surface area contributed by atoms with Gasteiger partial charge in [0.25, 0.3) is 0 Å². The van der Waals surface area contributed by atoms with Gasteiger partial charge in [-0.15, -0.1) is 5.10 Å². The van der Waals surface area contributed by atoms with Crippen molar-refractivity contribution in [1.29, 1.82) is 0 Å². The van der Waals surface area contributed by atoms with E-state index in [2.05, 4.69) is 34.7 Å². The molecular formula is C10H18N4O. The summed E-state index contributed by atoms with van der Waals surface area (Å²) in [4.78, 5) is 0. The van der Waals surface area contributed by atoms with Gasteiger partial charge in [-0.05, 0) is 18.8 Å². The molecule has 1 heterocycles. The lowest BCUT2D eigenvalue weighted by atomic mass is 10.2. The summed E-state index contributed by atoms with van der Waals surface area (Å²) in [6.45, 7) is 5.82. The third kappa shape index (κ3) is 3.51. The van der Waals surface area contributed by atoms with E-state index in [4.69, 9.17) is 4.42 Å². The molecule has 2 rings (SSSR count). The summed E-state index contributed by atoms with van der Waals surface area (Å²) in [7, 11) is 0. The Bertz CT molecular complexity index is 286. The maximum atomic E-state index is 5.42. The van der Waals surface area contributed by atoms with E-state index in [0.29, 0.717) is 30.4 Å². The maximum absolute atomic E-state index is 5.42. The zero-order chi connectivity index (χ0) is 10.7. The predicted octanol–water partition coefficient (Wildman–Crippen LogP) is 1.39. The van der Waals surface area contributed by atoms with Crippen molar-refractivity contribution >= 4 is 6.01 Å². The van der Waals surface area contributed by atoms with Gasteiger partial charge >= 0.3 is 6.01 Å². The summed E-state index contributed by atoms with van der Waals surface area (Å²) >= 11 is 0. The van der Waals surface area contributed by atoms with Crippen molar-refractivity contribution in [2.45, 2.75) is 39.3 Å². The summed E-state index contributed by atoms with van der Waals surface area (Å²) < 4.78 is 5.42. The van der Waals surface area contributed by atoms with Gasteiger partial charge in [-0.2, -0.15) is 0 Å². The first-order valence-electron chi connectivity index (χ1n) is 5.53. The topological polar surface area (TPSA) is 63.0 Å². The number of nitrogens with one attached hydrogen (secondary N) is 2. The van der Waals surface area contributed by atoms with Gasteiger partial charge in [-0.1, -0.05) is 18.9 Å². The van der Waals surface area contributed by atoms with Crippen LogP contribution < -0.4 is 10.6 Å². The van der Waals surface area contributed by atoms with E-state index in [1.165, 1.54) is 12.8 Å². The molecule has 1 aromatic rings. The molecule has 1 fully saturated rings. The molecule has 0 atom stereocenters. The highest BCUT2D eigenvalue weighted by Gasteiger charge is 2.21. The molecule has 0 spiro atoms. The van der Waals surface area contributed by atoms with Crippen LogP contribution in [0.2, 0.25) is 0 Å². The van der Waals surface area contributed by atoms with Crippen LogP contribution in [0, 0.1) is 5.92 Å². The molecule has 0 bridgehead atoms. The van der Waals surface area contributed by atoms with E-state index in [9.17, 15) is 0 Å². The first-order chi connectivity index (χ1) is 7.24. The van der Waals surface area contributed by atoms with Crippen LogP contribution in [0.15, 0.2) is 4.42 Å². The lowest BCUT2D eigenvalue weighted by Gasteiger charge is -2.03. The van der Waals surface area contributed by atoms with Crippen LogP contribution in [0.5, 0.6) is 0 Å². The molecule has 5 heteroatoms. The Hall–Kier alpha value is -1.10. The van der Waals surface area contributed by atoms with Gasteiger partial charge in [0.05, 0.1) is 6.54 Å². The van der Waals surface area contributed by atoms with Crippen molar-refractivity contribution in [1.82, 2.24) is 15.5 Å². The standard InChI is InChI=1S/C10H18N4O/c1-7(2)5-12-10-14-13-9(15-10)6-11-8-3-4-8/h7-8,11H,3-6H2,1-2H3,(H,12,14). The molecule has 84 valence electrons. The number of nitrogens with zero attached hydrogens (tertiary/aromatic N) is 2. The number of aromatic nitrogens is 2. The van der Waals surface area contributed by atoms with E-state index in [0.717, 1.165) is 6.54 Å². The molecule has 0 aromatic carbocycles. The van der Waals surface area contributed by atoms with E-state index >= 15 is 0 Å². The fourth-order valence-electron chi connectivity index (χ4n) is 1.21. The molecule has 0 unspecified atom stereocenters. The molecule has 1 aliphatic rings. The van der Waals surface area contributed by atoms with Crippen molar-refractivity contribution in [3.63, 3.8) is 0 Å². The van der Waals surface area contributed by atoms with Gasteiger partial charge in [0, 0.05) is 12.6 Å². The summed E-state index contributed by atoms with van der Waals surface area (Å²) in [5.74, 6) is 1.23. The van der Waals surface area contributed by atoms with Gasteiger partial charge in [-0.3, -0.25) is 0 Å². The molecule has 0 saturated heterocycles. The Kier molecular flexibility index (Phi) is 3.20. The van der Waals surface area contributed by atoms with Gasteiger partial charge in [0.15, 0.2) is 0 Å². The van der Waals surface area contributed by atoms with Crippen molar-refractivity contribution in [3.05, 3.63) is 5.89 Å². The van der Waals surface area contributed by atoms with E-state index in [-0.39, 0.29) is 0 Å². The number of hydrogen-bond donors (Lipinski definition) is 2. The minimum Gasteiger partial charge on any atom is -0.407 e. The van der Waals surface area contributed by atoms with Crippen LogP contribution in [0.1, 0.15) is 32.6 Å². The molecule has 15 heavy (non-hydrogen) atoms. The second kappa shape index (κ2) is 4.61. The maximum Gasteiger partial charge on any atom is 0.315 e. The molecule has 1 aliphatic carbocycles. The SMILES string of the molecule is CC(C)CNc1nnc(CNC2CC2)o1. The third-order valence-electron chi connectivity index (χ3n) is 2.25. The van der Waals surface area contributed by atoms with E-state index in [1.54, 1.807) is 0 Å². The van der Waals surface area contributed by atoms with Gasteiger partial charge in [0.2, 0.25) is 5.89 Å². The zero-order valence-corrected chi connectivity index (χ0v) is 9.29. The largest absolute Gasteiger partial charge is 0.407 e. The van der Waals surface area contributed by atoms with Gasteiger partial charge in [-0.25, -0.2) is 0 Å². The van der Waals surface area contributed by atoms with Crippen LogP contribution >= 0.6 is 0 Å². The van der Waals surface area contributed by atoms with Crippen molar-refractivity contribution < 1.29 is 4.42 Å². The predicted molar refractivity (Wildman–Crippen MR) is 57.5 cm³/mol. The molecule has 0 aliphatic heterocycles. The monoisotopic (exact) mass is 210 g/mol. The van der Waals surface area contributed by atoms with Crippen LogP contribution in [0.4, 0.5) is 6.01 Å². The minimum absolute atomic E-state index is 0.524. The van der Waals surface area contributed by atoms with Gasteiger partial charge < -0.3 is 15.1 Å². The Morgan fingerprint density at radius 3 is 2.87 bits per heavy atom. The summed E-state index contributed by atoms with van der Waals surface area (Å²) in [6.07, 6.45) is 2.54. The normalized spacial score (nSPS) is 15.9. The Morgan fingerprint density at radius 1 is 1.40 bits per heavy atom. The minimum atomic E-state index is 0.524. The summed E-state index contributed by atoms with van der Waals surface area (Å²) in [5, 5.41) is 14.3. The number of rotatable bonds is 6. The molecule has 0 amide bonds.